The maximum absolute atomic E-state index is 12.7. The number of nitrogens with one attached hydrogen (secondary N) is 2. The van der Waals surface area contributed by atoms with E-state index in [4.69, 9.17) is 4.74 Å². The number of hydrogen-bond acceptors (Lipinski definition) is 6. The topological polar surface area (TPSA) is 97.4 Å². The minimum atomic E-state index is -3.71. The van der Waals surface area contributed by atoms with Crippen LogP contribution in [0.2, 0.25) is 0 Å². The Balaban J connectivity index is 1.32. The molecular weight excluding hydrogens is 482 g/mol. The van der Waals surface area contributed by atoms with Crippen LogP contribution in [0.5, 0.6) is 5.75 Å². The van der Waals surface area contributed by atoms with Gasteiger partial charge in [0.15, 0.2) is 6.61 Å². The van der Waals surface area contributed by atoms with Crippen LogP contribution in [0.1, 0.15) is 23.5 Å². The summed E-state index contributed by atoms with van der Waals surface area (Å²) in [4.78, 5) is 16.9. The Morgan fingerprint density at radius 1 is 1.03 bits per heavy atom. The lowest BCUT2D eigenvalue weighted by Crippen LogP contribution is -2.26. The number of rotatable bonds is 9. The third-order valence-electron chi connectivity index (χ3n) is 5.20. The summed E-state index contributed by atoms with van der Waals surface area (Å²) >= 11 is 1.57. The van der Waals surface area contributed by atoms with Crippen molar-refractivity contribution in [3.63, 3.8) is 0 Å². The molecule has 4 rings (SSSR count). The van der Waals surface area contributed by atoms with Crippen LogP contribution in [0.25, 0.3) is 11.3 Å². The second-order valence-corrected chi connectivity index (χ2v) is 10.7. The highest BCUT2D eigenvalue weighted by atomic mass is 32.2. The summed E-state index contributed by atoms with van der Waals surface area (Å²) in [7, 11) is -3.71. The Morgan fingerprint density at radius 2 is 1.77 bits per heavy atom. The molecule has 3 aromatic carbocycles. The van der Waals surface area contributed by atoms with E-state index in [-0.39, 0.29) is 23.5 Å². The fraction of sp³-hybridized carbons (Fsp3) is 0.154. The van der Waals surface area contributed by atoms with Crippen LogP contribution in [0, 0.1) is 6.92 Å². The van der Waals surface area contributed by atoms with Crippen LogP contribution in [0.15, 0.2) is 89.1 Å². The minimum absolute atomic E-state index is 0.117. The third-order valence-corrected chi connectivity index (χ3v) is 7.53. The Kier molecular flexibility index (Phi) is 7.60. The van der Waals surface area contributed by atoms with Crippen LogP contribution >= 0.6 is 11.3 Å². The minimum Gasteiger partial charge on any atom is -0.484 e. The summed E-state index contributed by atoms with van der Waals surface area (Å²) in [5.74, 6) is 0.0635. The van der Waals surface area contributed by atoms with Gasteiger partial charge in [-0.3, -0.25) is 4.79 Å². The first-order valence-corrected chi connectivity index (χ1v) is 13.3. The molecule has 35 heavy (non-hydrogen) atoms. The maximum atomic E-state index is 12.7. The van der Waals surface area contributed by atoms with Gasteiger partial charge in [0.05, 0.1) is 15.6 Å². The quantitative estimate of drug-likeness (QED) is 0.326. The second-order valence-electron chi connectivity index (χ2n) is 7.89. The lowest BCUT2D eigenvalue weighted by atomic mass is 10.1. The molecule has 0 aliphatic heterocycles. The highest BCUT2D eigenvalue weighted by Gasteiger charge is 2.18. The van der Waals surface area contributed by atoms with E-state index in [9.17, 15) is 13.2 Å². The molecule has 2 N–H and O–H groups in total. The number of nitrogens with zero attached hydrogens (tertiary/aromatic N) is 1. The number of thiazole rings is 1. The summed E-state index contributed by atoms with van der Waals surface area (Å²) in [6, 6.07) is 22.4. The van der Waals surface area contributed by atoms with Gasteiger partial charge in [-0.15, -0.1) is 11.3 Å². The molecule has 0 aliphatic carbocycles. The number of anilines is 1. The Morgan fingerprint density at radius 3 is 2.46 bits per heavy atom. The molecule has 1 atom stereocenters. The van der Waals surface area contributed by atoms with Gasteiger partial charge in [0.25, 0.3) is 5.91 Å². The molecule has 1 unspecified atom stereocenters. The van der Waals surface area contributed by atoms with Gasteiger partial charge in [0.1, 0.15) is 5.75 Å². The first kappa shape index (κ1) is 24.6. The highest BCUT2D eigenvalue weighted by Crippen LogP contribution is 2.24. The van der Waals surface area contributed by atoms with Gasteiger partial charge < -0.3 is 10.1 Å². The highest BCUT2D eigenvalue weighted by molar-refractivity contribution is 7.89. The molecular formula is C26H25N3O4S2. The van der Waals surface area contributed by atoms with E-state index < -0.39 is 10.0 Å². The van der Waals surface area contributed by atoms with Crippen LogP contribution < -0.4 is 14.8 Å². The van der Waals surface area contributed by atoms with E-state index >= 15 is 0 Å². The van der Waals surface area contributed by atoms with E-state index in [1.807, 2.05) is 60.8 Å². The molecule has 0 radical (unpaired) electrons. The molecule has 0 saturated heterocycles. The Labute approximate surface area is 208 Å². The van der Waals surface area contributed by atoms with E-state index in [1.54, 1.807) is 24.3 Å². The molecule has 180 valence electrons. The zero-order chi connectivity index (χ0) is 24.8. The van der Waals surface area contributed by atoms with Crippen molar-refractivity contribution in [1.29, 1.82) is 0 Å². The number of sulfonamides is 1. The number of amides is 1. The predicted molar refractivity (Wildman–Crippen MR) is 138 cm³/mol. The number of aromatic nitrogens is 1. The summed E-state index contributed by atoms with van der Waals surface area (Å²) in [6.45, 7) is 3.52. The smallest absolute Gasteiger partial charge is 0.262 e. The average molecular weight is 508 g/mol. The van der Waals surface area contributed by atoms with Crippen LogP contribution in [-0.2, 0) is 14.8 Å². The molecule has 0 saturated carbocycles. The molecule has 0 fully saturated rings. The number of carbonyl (C=O) groups excluding carboxylic acids is 1. The van der Waals surface area contributed by atoms with Gasteiger partial charge in [-0.25, -0.2) is 18.1 Å². The van der Waals surface area contributed by atoms with Crippen LogP contribution in [0.3, 0.4) is 0 Å². The number of benzene rings is 3. The number of carbonyl (C=O) groups is 1. The standard InChI is InChI=1S/C26H25N3O4S2/c1-18(20-7-4-3-5-8-20)29-35(31,32)24-13-11-23(12-14-24)33-16-26(30)28-22-10-6-9-21(15-22)25-17-34-19(2)27-25/h3-15,17-18,29H,16H2,1-2H3,(H,28,30). The number of hydrogen-bond donors (Lipinski definition) is 2. The van der Waals surface area contributed by atoms with Crippen molar-refractivity contribution >= 4 is 33.0 Å². The summed E-state index contributed by atoms with van der Waals surface area (Å²) < 4.78 is 33.6. The van der Waals surface area contributed by atoms with Crippen molar-refractivity contribution in [2.75, 3.05) is 11.9 Å². The summed E-state index contributed by atoms with van der Waals surface area (Å²) in [6.07, 6.45) is 0. The Bertz CT molecular complexity index is 1400. The normalized spacial score (nSPS) is 12.2. The Hall–Kier alpha value is -3.53. The van der Waals surface area contributed by atoms with Crippen LogP contribution in [0.4, 0.5) is 5.69 Å². The third kappa shape index (κ3) is 6.54. The monoisotopic (exact) mass is 507 g/mol. The van der Waals surface area contributed by atoms with Crippen molar-refractivity contribution < 1.29 is 17.9 Å². The molecule has 1 amide bonds. The largest absolute Gasteiger partial charge is 0.484 e. The number of aryl methyl sites for hydroxylation is 1. The van der Waals surface area contributed by atoms with Gasteiger partial charge >= 0.3 is 0 Å². The summed E-state index contributed by atoms with van der Waals surface area (Å²) in [5, 5.41) is 5.76. The first-order valence-electron chi connectivity index (χ1n) is 10.9. The zero-order valence-corrected chi connectivity index (χ0v) is 20.9. The van der Waals surface area contributed by atoms with Crippen molar-refractivity contribution in [2.45, 2.75) is 24.8 Å². The lowest BCUT2D eigenvalue weighted by molar-refractivity contribution is -0.118. The first-order chi connectivity index (χ1) is 16.8. The molecule has 1 heterocycles. The fourth-order valence-electron chi connectivity index (χ4n) is 3.42. The van der Waals surface area contributed by atoms with E-state index in [2.05, 4.69) is 15.0 Å². The molecule has 4 aromatic rings. The van der Waals surface area contributed by atoms with Gasteiger partial charge in [0.2, 0.25) is 10.0 Å². The summed E-state index contributed by atoms with van der Waals surface area (Å²) in [5.41, 5.74) is 3.29. The SMILES string of the molecule is Cc1nc(-c2cccc(NC(=O)COc3ccc(S(=O)(=O)NC(C)c4ccccc4)cc3)c2)cs1. The molecule has 9 heteroatoms. The number of ether oxygens (including phenoxy) is 1. The van der Waals surface area contributed by atoms with Crippen LogP contribution in [-0.4, -0.2) is 25.9 Å². The van der Waals surface area contributed by atoms with Gasteiger partial charge in [-0.05, 0) is 55.8 Å². The second kappa shape index (κ2) is 10.8. The average Bonchev–Trinajstić information content (AvgIpc) is 3.30. The predicted octanol–water partition coefficient (Wildman–Crippen LogP) is 5.18. The van der Waals surface area contributed by atoms with Gasteiger partial charge in [-0.1, -0.05) is 42.5 Å². The van der Waals surface area contributed by atoms with Crippen molar-refractivity contribution in [3.8, 4) is 17.0 Å². The maximum Gasteiger partial charge on any atom is 0.262 e. The van der Waals surface area contributed by atoms with E-state index in [0.717, 1.165) is 21.8 Å². The molecule has 0 aliphatic rings. The molecule has 0 bridgehead atoms. The van der Waals surface area contributed by atoms with Crippen molar-refractivity contribution in [1.82, 2.24) is 9.71 Å². The fourth-order valence-corrected chi connectivity index (χ4v) is 5.28. The van der Waals surface area contributed by atoms with Crippen molar-refractivity contribution in [3.05, 3.63) is 94.8 Å². The molecule has 0 spiro atoms. The lowest BCUT2D eigenvalue weighted by Gasteiger charge is -2.15. The van der Waals surface area contributed by atoms with E-state index in [0.29, 0.717) is 11.4 Å². The molecule has 7 nitrogen and oxygen atoms in total. The van der Waals surface area contributed by atoms with E-state index in [1.165, 1.54) is 24.3 Å². The van der Waals surface area contributed by atoms with Gasteiger partial charge in [-0.2, -0.15) is 0 Å². The van der Waals surface area contributed by atoms with Crippen molar-refractivity contribution in [2.24, 2.45) is 0 Å². The molecule has 1 aromatic heterocycles. The zero-order valence-electron chi connectivity index (χ0n) is 19.3. The van der Waals surface area contributed by atoms with Gasteiger partial charge in [0, 0.05) is 22.7 Å².